The molecule has 9 aromatic rings. The number of rotatable bonds is 3. The minimum atomic E-state index is 0.246. The van der Waals surface area contributed by atoms with Crippen molar-refractivity contribution >= 4 is 65.6 Å². The zero-order chi connectivity index (χ0) is 35.8. The SMILES string of the molecule is C1=C2c3ccc(-n4c5ccccc5c5ccccc54)cc3C3=CC=C4c5c(c(-c6ccccc6)c6cc7ccccc7cc6c5-c5ccccc5)C(=C1)C4C23. The summed E-state index contributed by atoms with van der Waals surface area (Å²) in [4.78, 5) is 0. The Morgan fingerprint density at radius 1 is 0.327 bits per heavy atom. The molecule has 0 aliphatic heterocycles. The number of fused-ring (bicyclic) bond motifs is 11. The fourth-order valence-electron chi connectivity index (χ4n) is 10.7. The third-order valence-corrected chi connectivity index (χ3v) is 12.9. The Balaban J connectivity index is 1.09. The van der Waals surface area contributed by atoms with Gasteiger partial charge in [-0.2, -0.15) is 0 Å². The molecule has 0 bridgehead atoms. The number of hydrogen-bond acceptors (Lipinski definition) is 0. The van der Waals surface area contributed by atoms with E-state index in [2.05, 4.69) is 193 Å². The summed E-state index contributed by atoms with van der Waals surface area (Å²) >= 11 is 0. The first-order valence-corrected chi connectivity index (χ1v) is 19.4. The molecule has 0 spiro atoms. The quantitative estimate of drug-likeness (QED) is 0.162. The third kappa shape index (κ3) is 3.87. The van der Waals surface area contributed by atoms with Gasteiger partial charge in [0.2, 0.25) is 0 Å². The van der Waals surface area contributed by atoms with E-state index in [0.29, 0.717) is 0 Å². The number of allylic oxidation sites excluding steroid dienone is 8. The van der Waals surface area contributed by atoms with Gasteiger partial charge in [-0.1, -0.05) is 152 Å². The van der Waals surface area contributed by atoms with Crippen LogP contribution in [0.25, 0.3) is 93.6 Å². The molecule has 1 nitrogen and oxygen atoms in total. The van der Waals surface area contributed by atoms with Gasteiger partial charge in [0.25, 0.3) is 0 Å². The first-order chi connectivity index (χ1) is 27.3. The fraction of sp³-hybridized carbons (Fsp3) is 0.0370. The van der Waals surface area contributed by atoms with Crippen LogP contribution in [0.5, 0.6) is 0 Å². The molecular weight excluding hydrogens is 663 g/mol. The zero-order valence-corrected chi connectivity index (χ0v) is 30.0. The van der Waals surface area contributed by atoms with Crippen LogP contribution in [0, 0.1) is 11.8 Å². The summed E-state index contributed by atoms with van der Waals surface area (Å²) < 4.78 is 2.45. The zero-order valence-electron chi connectivity index (χ0n) is 30.0. The Bertz CT molecular complexity index is 3240. The molecule has 55 heavy (non-hydrogen) atoms. The summed E-state index contributed by atoms with van der Waals surface area (Å²) in [6.07, 6.45) is 9.87. The lowest BCUT2D eigenvalue weighted by Crippen LogP contribution is -2.17. The van der Waals surface area contributed by atoms with Gasteiger partial charge in [0, 0.05) is 28.3 Å². The highest BCUT2D eigenvalue weighted by Crippen LogP contribution is 2.66. The largest absolute Gasteiger partial charge is 0.309 e. The van der Waals surface area contributed by atoms with Crippen LogP contribution in [0.3, 0.4) is 0 Å². The normalized spacial score (nSPS) is 17.5. The third-order valence-electron chi connectivity index (χ3n) is 12.9. The molecule has 0 amide bonds. The molecule has 0 radical (unpaired) electrons. The van der Waals surface area contributed by atoms with Crippen molar-refractivity contribution in [1.29, 1.82) is 0 Å². The topological polar surface area (TPSA) is 4.93 Å². The molecule has 0 saturated carbocycles. The van der Waals surface area contributed by atoms with E-state index in [1.165, 1.54) is 116 Å². The van der Waals surface area contributed by atoms with Gasteiger partial charge in [0.1, 0.15) is 0 Å². The van der Waals surface area contributed by atoms with Gasteiger partial charge in [0.05, 0.1) is 11.0 Å². The van der Waals surface area contributed by atoms with E-state index >= 15 is 0 Å². The Labute approximate surface area is 319 Å². The maximum absolute atomic E-state index is 2.48. The van der Waals surface area contributed by atoms with Crippen LogP contribution in [0.1, 0.15) is 22.3 Å². The minimum absolute atomic E-state index is 0.246. The molecule has 0 N–H and O–H groups in total. The lowest BCUT2D eigenvalue weighted by Gasteiger charge is -2.31. The van der Waals surface area contributed by atoms with Crippen molar-refractivity contribution in [2.24, 2.45) is 11.8 Å². The van der Waals surface area contributed by atoms with Crippen molar-refractivity contribution in [2.75, 3.05) is 0 Å². The minimum Gasteiger partial charge on any atom is -0.309 e. The van der Waals surface area contributed by atoms with Crippen LogP contribution in [-0.2, 0) is 0 Å². The summed E-state index contributed by atoms with van der Waals surface area (Å²) in [7, 11) is 0. The van der Waals surface area contributed by atoms with E-state index < -0.39 is 0 Å². The van der Waals surface area contributed by atoms with E-state index in [1.54, 1.807) is 0 Å². The second-order valence-corrected chi connectivity index (χ2v) is 15.5. The van der Waals surface area contributed by atoms with E-state index in [9.17, 15) is 0 Å². The molecule has 2 unspecified atom stereocenters. The van der Waals surface area contributed by atoms with Gasteiger partial charge in [0.15, 0.2) is 0 Å². The lowest BCUT2D eigenvalue weighted by molar-refractivity contribution is 0.758. The van der Waals surface area contributed by atoms with Crippen molar-refractivity contribution in [2.45, 2.75) is 0 Å². The molecule has 1 heterocycles. The van der Waals surface area contributed by atoms with Crippen LogP contribution in [0.4, 0.5) is 0 Å². The molecule has 1 heteroatoms. The number of para-hydroxylation sites is 2. The molecule has 2 atom stereocenters. The number of hydrogen-bond donors (Lipinski definition) is 0. The van der Waals surface area contributed by atoms with Crippen LogP contribution in [-0.4, -0.2) is 4.57 Å². The molecular formula is C54H33N. The average Bonchev–Trinajstić information content (AvgIpc) is 3.88. The van der Waals surface area contributed by atoms with Crippen LogP contribution >= 0.6 is 0 Å². The highest BCUT2D eigenvalue weighted by molar-refractivity contribution is 6.22. The Morgan fingerprint density at radius 3 is 1.35 bits per heavy atom. The molecule has 4 aliphatic carbocycles. The molecule has 4 aliphatic rings. The molecule has 0 saturated heterocycles. The number of nitrogens with zero attached hydrogens (tertiary/aromatic N) is 1. The number of aromatic nitrogens is 1. The van der Waals surface area contributed by atoms with Gasteiger partial charge in [-0.3, -0.25) is 0 Å². The average molecular weight is 696 g/mol. The van der Waals surface area contributed by atoms with Gasteiger partial charge in [-0.25, -0.2) is 0 Å². The molecule has 0 fully saturated rings. The van der Waals surface area contributed by atoms with Crippen LogP contribution < -0.4 is 0 Å². The first-order valence-electron chi connectivity index (χ1n) is 19.4. The van der Waals surface area contributed by atoms with E-state index in [-0.39, 0.29) is 11.8 Å². The van der Waals surface area contributed by atoms with E-state index in [4.69, 9.17) is 0 Å². The van der Waals surface area contributed by atoms with E-state index in [0.717, 1.165) is 0 Å². The second-order valence-electron chi connectivity index (χ2n) is 15.5. The Hall–Kier alpha value is -6.96. The van der Waals surface area contributed by atoms with Crippen molar-refractivity contribution in [1.82, 2.24) is 4.57 Å². The second kappa shape index (κ2) is 10.8. The lowest BCUT2D eigenvalue weighted by atomic mass is 9.72. The smallest absolute Gasteiger partial charge is 0.0541 e. The molecule has 1 aromatic heterocycles. The summed E-state index contributed by atoms with van der Waals surface area (Å²) in [6, 6.07) is 60.8. The Morgan fingerprint density at radius 2 is 0.782 bits per heavy atom. The molecule has 254 valence electrons. The van der Waals surface area contributed by atoms with Crippen LogP contribution in [0.15, 0.2) is 188 Å². The summed E-state index contributed by atoms with van der Waals surface area (Å²) in [5, 5.41) is 7.76. The molecule has 13 rings (SSSR count). The van der Waals surface area contributed by atoms with Gasteiger partial charge >= 0.3 is 0 Å². The summed E-state index contributed by atoms with van der Waals surface area (Å²) in [5.74, 6) is 0.514. The molecule has 8 aromatic carbocycles. The maximum atomic E-state index is 2.48. The summed E-state index contributed by atoms with van der Waals surface area (Å²) in [5.41, 5.74) is 20.2. The maximum Gasteiger partial charge on any atom is 0.0541 e. The fourth-order valence-corrected chi connectivity index (χ4v) is 10.7. The predicted molar refractivity (Wildman–Crippen MR) is 232 cm³/mol. The van der Waals surface area contributed by atoms with Crippen molar-refractivity contribution < 1.29 is 0 Å². The highest BCUT2D eigenvalue weighted by atomic mass is 15.0. The monoisotopic (exact) mass is 695 g/mol. The summed E-state index contributed by atoms with van der Waals surface area (Å²) in [6.45, 7) is 0. The van der Waals surface area contributed by atoms with Gasteiger partial charge in [-0.05, 0) is 125 Å². The van der Waals surface area contributed by atoms with Crippen molar-refractivity contribution in [3.8, 4) is 27.9 Å². The van der Waals surface area contributed by atoms with Crippen LogP contribution in [0.2, 0.25) is 0 Å². The standard InChI is InChI=1S/C54H33N/c1-3-13-32(14-4-1)49-45-29-34-17-7-8-18-35(34)30-46(45)50(33-15-5-2-6-16-33)54-43-28-26-41-44-31-36(23-24-37(44)40-25-27-42(53(49)54)52(43)51(40)41)55-47-21-11-9-19-38(47)39-20-10-12-22-48(39)55/h1-31,51-52H. The number of benzene rings is 8. The van der Waals surface area contributed by atoms with Gasteiger partial charge in [-0.15, -0.1) is 0 Å². The first kappa shape index (κ1) is 29.5. The van der Waals surface area contributed by atoms with Crippen molar-refractivity contribution in [3.05, 3.63) is 210 Å². The van der Waals surface area contributed by atoms with Gasteiger partial charge < -0.3 is 4.57 Å². The van der Waals surface area contributed by atoms with E-state index in [1.807, 2.05) is 0 Å². The predicted octanol–water partition coefficient (Wildman–Crippen LogP) is 13.9. The highest BCUT2D eigenvalue weighted by Gasteiger charge is 2.49. The van der Waals surface area contributed by atoms with Crippen molar-refractivity contribution in [3.63, 3.8) is 0 Å². The Kier molecular flexibility index (Phi) is 5.80.